The zero-order valence-electron chi connectivity index (χ0n) is 11.7. The topological polar surface area (TPSA) is 32.5 Å². The molecule has 106 valence electrons. The van der Waals surface area contributed by atoms with Crippen LogP contribution in [0.15, 0.2) is 10.6 Å². The van der Waals surface area contributed by atoms with Gasteiger partial charge in [0.05, 0.1) is 12.2 Å². The maximum atomic E-state index is 5.30. The van der Waals surface area contributed by atoms with Gasteiger partial charge < -0.3 is 4.52 Å². The van der Waals surface area contributed by atoms with Crippen molar-refractivity contribution in [2.24, 2.45) is 0 Å². The van der Waals surface area contributed by atoms with Gasteiger partial charge in [0.25, 0.3) is 0 Å². The lowest BCUT2D eigenvalue weighted by Crippen LogP contribution is -2.50. The van der Waals surface area contributed by atoms with Gasteiger partial charge in [-0.25, -0.2) is 0 Å². The maximum Gasteiger partial charge on any atom is 0.150 e. The van der Waals surface area contributed by atoms with Gasteiger partial charge in [-0.3, -0.25) is 9.80 Å². The number of nitrogens with zero attached hydrogens (tertiary/aromatic N) is 3. The number of thioether (sulfide) groups is 1. The predicted molar refractivity (Wildman–Crippen MR) is 78.4 cm³/mol. The van der Waals surface area contributed by atoms with Crippen molar-refractivity contribution in [3.05, 3.63) is 17.5 Å². The third-order valence-electron chi connectivity index (χ3n) is 4.17. The molecule has 3 heterocycles. The molecule has 0 unspecified atom stereocenters. The van der Waals surface area contributed by atoms with Crippen LogP contribution in [0.25, 0.3) is 0 Å². The highest BCUT2D eigenvalue weighted by Gasteiger charge is 2.25. The zero-order chi connectivity index (χ0) is 13.1. The van der Waals surface area contributed by atoms with Crippen molar-refractivity contribution in [1.29, 1.82) is 0 Å². The van der Waals surface area contributed by atoms with Gasteiger partial charge in [-0.05, 0) is 31.3 Å². The lowest BCUT2D eigenvalue weighted by Gasteiger charge is -2.40. The third-order valence-corrected chi connectivity index (χ3v) is 5.22. The molecular weight excluding hydrogens is 258 g/mol. The van der Waals surface area contributed by atoms with Crippen LogP contribution in [0.3, 0.4) is 0 Å². The summed E-state index contributed by atoms with van der Waals surface area (Å²) in [7, 11) is 0. The Kier molecular flexibility index (Phi) is 4.45. The summed E-state index contributed by atoms with van der Waals surface area (Å²) in [6, 6.07) is 2.89. The standard InChI is InChI=1S/C14H23N3OS/c1-12-10-14(18-15-12)11-16-4-6-17(7-5-16)13-2-8-19-9-3-13/h10,13H,2-9,11H2,1H3. The minimum absolute atomic E-state index is 0.843. The summed E-state index contributed by atoms with van der Waals surface area (Å²) in [4.78, 5) is 5.18. The van der Waals surface area contributed by atoms with Crippen LogP contribution in [0.2, 0.25) is 0 Å². The molecule has 2 aliphatic rings. The van der Waals surface area contributed by atoms with E-state index < -0.39 is 0 Å². The Balaban J connectivity index is 1.46. The van der Waals surface area contributed by atoms with E-state index in [0.29, 0.717) is 0 Å². The van der Waals surface area contributed by atoms with Crippen molar-refractivity contribution in [1.82, 2.24) is 15.0 Å². The lowest BCUT2D eigenvalue weighted by molar-refractivity contribution is 0.0826. The van der Waals surface area contributed by atoms with Crippen LogP contribution < -0.4 is 0 Å². The minimum atomic E-state index is 0.843. The second kappa shape index (κ2) is 6.29. The number of rotatable bonds is 3. The molecule has 0 N–H and O–H groups in total. The molecule has 0 spiro atoms. The number of aromatic nitrogens is 1. The van der Waals surface area contributed by atoms with Crippen LogP contribution in [0.4, 0.5) is 0 Å². The second-order valence-corrected chi connectivity index (χ2v) is 6.82. The van der Waals surface area contributed by atoms with Crippen molar-refractivity contribution >= 4 is 11.8 Å². The quantitative estimate of drug-likeness (QED) is 0.846. The van der Waals surface area contributed by atoms with Gasteiger partial charge in [0.1, 0.15) is 0 Å². The molecule has 5 heteroatoms. The Hall–Kier alpha value is -0.520. The van der Waals surface area contributed by atoms with Crippen LogP contribution in [0, 0.1) is 6.92 Å². The van der Waals surface area contributed by atoms with Crippen LogP contribution in [0.5, 0.6) is 0 Å². The molecule has 19 heavy (non-hydrogen) atoms. The highest BCUT2D eigenvalue weighted by atomic mass is 32.2. The molecule has 0 atom stereocenters. The predicted octanol–water partition coefficient (Wildman–Crippen LogP) is 2.00. The van der Waals surface area contributed by atoms with Gasteiger partial charge in [-0.2, -0.15) is 11.8 Å². The summed E-state index contributed by atoms with van der Waals surface area (Å²) in [5.74, 6) is 3.70. The molecule has 2 aliphatic heterocycles. The largest absolute Gasteiger partial charge is 0.360 e. The van der Waals surface area contributed by atoms with E-state index in [0.717, 1.165) is 37.1 Å². The van der Waals surface area contributed by atoms with E-state index in [-0.39, 0.29) is 0 Å². The Morgan fingerprint density at radius 3 is 2.63 bits per heavy atom. The van der Waals surface area contributed by atoms with Crippen LogP contribution in [-0.2, 0) is 6.54 Å². The first kappa shape index (κ1) is 13.5. The van der Waals surface area contributed by atoms with Crippen molar-refractivity contribution in [2.75, 3.05) is 37.7 Å². The van der Waals surface area contributed by atoms with Crippen molar-refractivity contribution in [3.8, 4) is 0 Å². The molecule has 0 bridgehead atoms. The summed E-state index contributed by atoms with van der Waals surface area (Å²) in [5.41, 5.74) is 0.980. The molecule has 2 fully saturated rings. The second-order valence-electron chi connectivity index (χ2n) is 5.59. The van der Waals surface area contributed by atoms with Gasteiger partial charge in [0.2, 0.25) is 0 Å². The minimum Gasteiger partial charge on any atom is -0.360 e. The molecule has 0 radical (unpaired) electrons. The normalized spacial score (nSPS) is 23.8. The highest BCUT2D eigenvalue weighted by Crippen LogP contribution is 2.23. The van der Waals surface area contributed by atoms with Crippen LogP contribution >= 0.6 is 11.8 Å². The summed E-state index contributed by atoms with van der Waals surface area (Å²) < 4.78 is 5.30. The fraction of sp³-hybridized carbons (Fsp3) is 0.786. The van der Waals surface area contributed by atoms with E-state index in [4.69, 9.17) is 4.52 Å². The van der Waals surface area contributed by atoms with Gasteiger partial charge in [0, 0.05) is 38.3 Å². The monoisotopic (exact) mass is 281 g/mol. The Morgan fingerprint density at radius 2 is 2.00 bits per heavy atom. The maximum absolute atomic E-state index is 5.30. The number of piperazine rings is 1. The van der Waals surface area contributed by atoms with E-state index in [1.807, 2.05) is 13.0 Å². The van der Waals surface area contributed by atoms with Crippen molar-refractivity contribution in [2.45, 2.75) is 32.4 Å². The van der Waals surface area contributed by atoms with Gasteiger partial charge >= 0.3 is 0 Å². The first-order valence-corrected chi connectivity index (χ1v) is 8.43. The molecule has 3 rings (SSSR count). The number of aryl methyl sites for hydroxylation is 1. The fourth-order valence-corrected chi connectivity index (χ4v) is 4.13. The molecule has 0 aliphatic carbocycles. The van der Waals surface area contributed by atoms with E-state index in [9.17, 15) is 0 Å². The first-order valence-electron chi connectivity index (χ1n) is 7.27. The zero-order valence-corrected chi connectivity index (χ0v) is 12.5. The summed E-state index contributed by atoms with van der Waals surface area (Å²) in [5, 5.41) is 3.96. The van der Waals surface area contributed by atoms with E-state index in [1.165, 1.54) is 37.4 Å². The van der Waals surface area contributed by atoms with Crippen molar-refractivity contribution in [3.63, 3.8) is 0 Å². The van der Waals surface area contributed by atoms with Crippen molar-refractivity contribution < 1.29 is 4.52 Å². The van der Waals surface area contributed by atoms with Crippen LogP contribution in [-0.4, -0.2) is 58.7 Å². The fourth-order valence-electron chi connectivity index (χ4n) is 3.05. The average molecular weight is 281 g/mol. The Morgan fingerprint density at radius 1 is 1.26 bits per heavy atom. The summed E-state index contributed by atoms with van der Waals surface area (Å²) in [6.07, 6.45) is 2.76. The van der Waals surface area contributed by atoms with E-state index in [2.05, 4.69) is 26.7 Å². The lowest BCUT2D eigenvalue weighted by atomic mass is 10.1. The SMILES string of the molecule is Cc1cc(CN2CCN(C3CCSCC3)CC2)on1. The average Bonchev–Trinajstić information content (AvgIpc) is 2.86. The first-order chi connectivity index (χ1) is 9.31. The summed E-state index contributed by atoms with van der Waals surface area (Å²) in [6.45, 7) is 7.62. The molecule has 0 aromatic carbocycles. The van der Waals surface area contributed by atoms with Gasteiger partial charge in [-0.1, -0.05) is 5.16 Å². The third kappa shape index (κ3) is 3.52. The molecule has 0 saturated carbocycles. The number of hydrogen-bond acceptors (Lipinski definition) is 5. The Bertz CT molecular complexity index is 395. The Labute approximate surface area is 119 Å². The van der Waals surface area contributed by atoms with Crippen LogP contribution in [0.1, 0.15) is 24.3 Å². The molecule has 1 aromatic rings. The van der Waals surface area contributed by atoms with Gasteiger partial charge in [-0.15, -0.1) is 0 Å². The highest BCUT2D eigenvalue weighted by molar-refractivity contribution is 7.99. The molecular formula is C14H23N3OS. The molecule has 1 aromatic heterocycles. The number of hydrogen-bond donors (Lipinski definition) is 0. The smallest absolute Gasteiger partial charge is 0.150 e. The van der Waals surface area contributed by atoms with E-state index in [1.54, 1.807) is 0 Å². The summed E-state index contributed by atoms with van der Waals surface area (Å²) >= 11 is 2.11. The molecule has 0 amide bonds. The van der Waals surface area contributed by atoms with E-state index >= 15 is 0 Å². The molecule has 2 saturated heterocycles. The molecule has 4 nitrogen and oxygen atoms in total. The van der Waals surface area contributed by atoms with Gasteiger partial charge in [0.15, 0.2) is 5.76 Å².